The first kappa shape index (κ1) is 20.3. The molecule has 3 fully saturated rings. The van der Waals surface area contributed by atoms with E-state index in [1.54, 1.807) is 9.80 Å². The third-order valence-corrected chi connectivity index (χ3v) is 6.76. The first-order valence-corrected chi connectivity index (χ1v) is 10.4. The Hall–Kier alpha value is -2.03. The average molecular weight is 412 g/mol. The molecule has 1 aromatic rings. The van der Waals surface area contributed by atoms with Gasteiger partial charge in [-0.05, 0) is 43.7 Å². The van der Waals surface area contributed by atoms with Crippen LogP contribution in [0.25, 0.3) is 0 Å². The molecule has 3 aliphatic rings. The number of rotatable bonds is 3. The smallest absolute Gasteiger partial charge is 0.419 e. The molecular formula is C20H27F3N4O2. The highest BCUT2D eigenvalue weighted by Gasteiger charge is 2.41. The van der Waals surface area contributed by atoms with Gasteiger partial charge in [0, 0.05) is 45.0 Å². The predicted molar refractivity (Wildman–Crippen MR) is 102 cm³/mol. The molecule has 160 valence electrons. The van der Waals surface area contributed by atoms with Crippen molar-refractivity contribution in [3.63, 3.8) is 0 Å². The summed E-state index contributed by atoms with van der Waals surface area (Å²) in [4.78, 5) is 21.4. The van der Waals surface area contributed by atoms with Crippen LogP contribution in [0.1, 0.15) is 37.7 Å². The number of aromatic nitrogens is 1. The monoisotopic (exact) mass is 412 g/mol. The van der Waals surface area contributed by atoms with E-state index in [1.807, 2.05) is 0 Å². The van der Waals surface area contributed by atoms with E-state index in [9.17, 15) is 23.1 Å². The Kier molecular flexibility index (Phi) is 5.59. The van der Waals surface area contributed by atoms with Gasteiger partial charge in [-0.3, -0.25) is 4.90 Å². The van der Waals surface area contributed by atoms with Crippen LogP contribution < -0.4 is 4.90 Å². The lowest BCUT2D eigenvalue weighted by atomic mass is 9.84. The van der Waals surface area contributed by atoms with Crippen molar-refractivity contribution >= 4 is 11.9 Å². The van der Waals surface area contributed by atoms with Gasteiger partial charge in [-0.15, -0.1) is 0 Å². The topological polar surface area (TPSA) is 59.9 Å². The lowest BCUT2D eigenvalue weighted by Crippen LogP contribution is -2.61. The van der Waals surface area contributed by atoms with Crippen LogP contribution in [0.3, 0.4) is 0 Å². The molecule has 6 nitrogen and oxygen atoms in total. The maximum Gasteiger partial charge on any atom is 0.419 e. The van der Waals surface area contributed by atoms with E-state index in [0.717, 1.165) is 19.2 Å². The highest BCUT2D eigenvalue weighted by Crippen LogP contribution is 2.37. The van der Waals surface area contributed by atoms with Crippen molar-refractivity contribution in [2.75, 3.05) is 37.6 Å². The fourth-order valence-corrected chi connectivity index (χ4v) is 4.92. The second kappa shape index (κ2) is 8.01. The summed E-state index contributed by atoms with van der Waals surface area (Å²) >= 11 is 0. The molecule has 0 aromatic carbocycles. The van der Waals surface area contributed by atoms with Crippen molar-refractivity contribution in [1.29, 1.82) is 0 Å². The molecule has 9 heteroatoms. The Morgan fingerprint density at radius 2 is 1.83 bits per heavy atom. The standard InChI is InChI=1S/C20H27F3N4O2/c21-20(22,23)16-5-2-8-24-18(16)25-9-6-14(7-10-25)17-13-26(15-3-1-4-15)11-12-27(17)19(28)29/h2,5,8,14-15,17H,1,3-4,6-7,9-13H2,(H,28,29). The molecule has 1 aromatic heterocycles. The van der Waals surface area contributed by atoms with Crippen molar-refractivity contribution in [1.82, 2.24) is 14.8 Å². The van der Waals surface area contributed by atoms with Crippen LogP contribution in [0.15, 0.2) is 18.3 Å². The molecule has 3 heterocycles. The van der Waals surface area contributed by atoms with E-state index in [1.165, 1.54) is 31.5 Å². The second-order valence-electron chi connectivity index (χ2n) is 8.32. The summed E-state index contributed by atoms with van der Waals surface area (Å²) in [6.07, 6.45) is 0.985. The molecule has 2 aliphatic heterocycles. The van der Waals surface area contributed by atoms with E-state index >= 15 is 0 Å². The lowest BCUT2D eigenvalue weighted by molar-refractivity contribution is -0.137. The number of halogens is 3. The normalized spacial score (nSPS) is 25.1. The van der Waals surface area contributed by atoms with Crippen LogP contribution in [0.4, 0.5) is 23.8 Å². The highest BCUT2D eigenvalue weighted by atomic mass is 19.4. The zero-order valence-corrected chi connectivity index (χ0v) is 16.3. The van der Waals surface area contributed by atoms with Gasteiger partial charge in [-0.25, -0.2) is 9.78 Å². The molecule has 1 saturated carbocycles. The predicted octanol–water partition coefficient (Wildman–Crippen LogP) is 3.53. The molecule has 4 rings (SSSR count). The maximum atomic E-state index is 13.3. The fraction of sp³-hybridized carbons (Fsp3) is 0.700. The molecule has 0 radical (unpaired) electrons. The van der Waals surface area contributed by atoms with E-state index in [0.29, 0.717) is 38.5 Å². The molecule has 1 N–H and O–H groups in total. The van der Waals surface area contributed by atoms with E-state index in [-0.39, 0.29) is 17.8 Å². The molecule has 0 spiro atoms. The van der Waals surface area contributed by atoms with E-state index in [2.05, 4.69) is 9.88 Å². The molecule has 1 unspecified atom stereocenters. The van der Waals surface area contributed by atoms with Crippen LogP contribution in [0, 0.1) is 5.92 Å². The summed E-state index contributed by atoms with van der Waals surface area (Å²) in [6.45, 7) is 2.93. The number of piperidine rings is 1. The van der Waals surface area contributed by atoms with Crippen molar-refractivity contribution in [3.05, 3.63) is 23.9 Å². The SMILES string of the molecule is O=C(O)N1CCN(C2CCC2)CC1C1CCN(c2ncccc2C(F)(F)F)CC1. The van der Waals surface area contributed by atoms with Gasteiger partial charge >= 0.3 is 12.3 Å². The summed E-state index contributed by atoms with van der Waals surface area (Å²) in [5.74, 6) is 0.136. The molecular weight excluding hydrogens is 385 g/mol. The lowest BCUT2D eigenvalue weighted by Gasteiger charge is -2.49. The van der Waals surface area contributed by atoms with Crippen molar-refractivity contribution in [2.24, 2.45) is 5.92 Å². The van der Waals surface area contributed by atoms with Crippen molar-refractivity contribution in [3.8, 4) is 0 Å². The largest absolute Gasteiger partial charge is 0.465 e. The summed E-state index contributed by atoms with van der Waals surface area (Å²) in [5.41, 5.74) is -0.709. The summed E-state index contributed by atoms with van der Waals surface area (Å²) in [6, 6.07) is 2.85. The van der Waals surface area contributed by atoms with E-state index < -0.39 is 17.8 Å². The Labute approximate surface area is 168 Å². The number of piperazine rings is 1. The Morgan fingerprint density at radius 1 is 1.10 bits per heavy atom. The first-order chi connectivity index (χ1) is 13.8. The van der Waals surface area contributed by atoms with Gasteiger partial charge in [0.25, 0.3) is 0 Å². The quantitative estimate of drug-likeness (QED) is 0.823. The minimum Gasteiger partial charge on any atom is -0.465 e. The van der Waals surface area contributed by atoms with Gasteiger partial charge in [0.2, 0.25) is 0 Å². The first-order valence-electron chi connectivity index (χ1n) is 10.4. The average Bonchev–Trinajstić information content (AvgIpc) is 2.66. The number of hydrogen-bond donors (Lipinski definition) is 1. The van der Waals surface area contributed by atoms with Gasteiger partial charge in [-0.1, -0.05) is 6.42 Å². The maximum absolute atomic E-state index is 13.3. The van der Waals surface area contributed by atoms with Gasteiger partial charge in [0.15, 0.2) is 0 Å². The van der Waals surface area contributed by atoms with Crippen molar-refractivity contribution < 1.29 is 23.1 Å². The second-order valence-corrected chi connectivity index (χ2v) is 8.32. The highest BCUT2D eigenvalue weighted by molar-refractivity contribution is 5.65. The molecule has 1 amide bonds. The van der Waals surface area contributed by atoms with Gasteiger partial charge in [-0.2, -0.15) is 13.2 Å². The van der Waals surface area contributed by atoms with Gasteiger partial charge < -0.3 is 14.9 Å². The minimum absolute atomic E-state index is 0.0201. The molecule has 2 saturated heterocycles. The number of carbonyl (C=O) groups is 1. The van der Waals surface area contributed by atoms with Crippen LogP contribution >= 0.6 is 0 Å². The van der Waals surface area contributed by atoms with Gasteiger partial charge in [0.1, 0.15) is 5.82 Å². The number of nitrogens with zero attached hydrogens (tertiary/aromatic N) is 4. The zero-order valence-electron chi connectivity index (χ0n) is 16.3. The molecule has 1 aliphatic carbocycles. The number of amides is 1. The molecule has 1 atom stereocenters. The van der Waals surface area contributed by atoms with Crippen LogP contribution in [-0.4, -0.2) is 70.8 Å². The Morgan fingerprint density at radius 3 is 2.41 bits per heavy atom. The number of alkyl halides is 3. The number of anilines is 1. The van der Waals surface area contributed by atoms with Crippen LogP contribution in [0.5, 0.6) is 0 Å². The number of carboxylic acid groups (broad SMARTS) is 1. The fourth-order valence-electron chi connectivity index (χ4n) is 4.92. The summed E-state index contributed by atoms with van der Waals surface area (Å²) < 4.78 is 40.0. The number of pyridine rings is 1. The summed E-state index contributed by atoms with van der Waals surface area (Å²) in [5, 5.41) is 9.65. The zero-order chi connectivity index (χ0) is 20.6. The summed E-state index contributed by atoms with van der Waals surface area (Å²) in [7, 11) is 0. The molecule has 0 bridgehead atoms. The van der Waals surface area contributed by atoms with E-state index in [4.69, 9.17) is 0 Å². The van der Waals surface area contributed by atoms with Crippen molar-refractivity contribution in [2.45, 2.75) is 50.4 Å². The Bertz CT molecular complexity index is 733. The number of hydrogen-bond acceptors (Lipinski definition) is 4. The molecule has 29 heavy (non-hydrogen) atoms. The van der Waals surface area contributed by atoms with Crippen LogP contribution in [0.2, 0.25) is 0 Å². The third kappa shape index (κ3) is 4.15. The van der Waals surface area contributed by atoms with Gasteiger partial charge in [0.05, 0.1) is 11.6 Å². The minimum atomic E-state index is -4.44. The Balaban J connectivity index is 1.45. The third-order valence-electron chi connectivity index (χ3n) is 6.76. The van der Waals surface area contributed by atoms with Crippen LogP contribution in [-0.2, 0) is 6.18 Å².